The van der Waals surface area contributed by atoms with Gasteiger partial charge in [-0.2, -0.15) is 12.6 Å². The number of hydrogen-bond acceptors (Lipinski definition) is 2. The zero-order valence-electron chi connectivity index (χ0n) is 11.5. The summed E-state index contributed by atoms with van der Waals surface area (Å²) in [5, 5.41) is 0. The lowest BCUT2D eigenvalue weighted by atomic mass is 9.81. The summed E-state index contributed by atoms with van der Waals surface area (Å²) >= 11 is 4.69. The lowest BCUT2D eigenvalue weighted by Crippen LogP contribution is -2.43. The van der Waals surface area contributed by atoms with E-state index >= 15 is 0 Å². The van der Waals surface area contributed by atoms with E-state index in [-0.39, 0.29) is 0 Å². The van der Waals surface area contributed by atoms with Crippen LogP contribution in [0.25, 0.3) is 0 Å². The van der Waals surface area contributed by atoms with Crippen LogP contribution in [0.3, 0.4) is 0 Å². The molecule has 0 aromatic rings. The summed E-state index contributed by atoms with van der Waals surface area (Å²) in [5.41, 5.74) is 0.538. The van der Waals surface area contributed by atoms with Gasteiger partial charge >= 0.3 is 0 Å². The molecule has 0 spiro atoms. The van der Waals surface area contributed by atoms with Crippen molar-refractivity contribution < 1.29 is 0 Å². The molecule has 0 bridgehead atoms. The Morgan fingerprint density at radius 3 is 2.41 bits per heavy atom. The minimum absolute atomic E-state index is 0.538. The van der Waals surface area contributed by atoms with Gasteiger partial charge in [-0.15, -0.1) is 0 Å². The first-order chi connectivity index (χ1) is 8.24. The van der Waals surface area contributed by atoms with E-state index < -0.39 is 0 Å². The van der Waals surface area contributed by atoms with Gasteiger partial charge in [0.15, 0.2) is 0 Å². The number of rotatable bonds is 3. The molecule has 0 aromatic carbocycles. The molecule has 2 fully saturated rings. The second kappa shape index (κ2) is 6.47. The number of hydrogen-bond donors (Lipinski definition) is 1. The smallest absolute Gasteiger partial charge is 0.00459 e. The third-order valence-electron chi connectivity index (χ3n) is 4.80. The second-order valence-electron chi connectivity index (χ2n) is 6.55. The summed E-state index contributed by atoms with van der Waals surface area (Å²) in [4.78, 5) is 2.73. The lowest BCUT2D eigenvalue weighted by Gasteiger charge is -2.40. The van der Waals surface area contributed by atoms with Crippen LogP contribution in [0.4, 0.5) is 0 Å². The first-order valence-electron chi connectivity index (χ1n) is 7.57. The van der Waals surface area contributed by atoms with E-state index in [2.05, 4.69) is 11.8 Å². The summed E-state index contributed by atoms with van der Waals surface area (Å²) in [7, 11) is 0. The van der Waals surface area contributed by atoms with Crippen LogP contribution in [0.2, 0.25) is 0 Å². The van der Waals surface area contributed by atoms with E-state index in [0.717, 1.165) is 11.7 Å². The molecule has 100 valence electrons. The predicted molar refractivity (Wildman–Crippen MR) is 78.8 cm³/mol. The Balaban J connectivity index is 1.92. The zero-order chi connectivity index (χ0) is 12.1. The van der Waals surface area contributed by atoms with Gasteiger partial charge in [0.25, 0.3) is 0 Å². The average Bonchev–Trinajstić information content (AvgIpc) is 2.55. The van der Waals surface area contributed by atoms with Gasteiger partial charge in [0.2, 0.25) is 0 Å². The van der Waals surface area contributed by atoms with E-state index in [4.69, 9.17) is 12.6 Å². The quantitative estimate of drug-likeness (QED) is 0.589. The Morgan fingerprint density at radius 1 is 1.12 bits per heavy atom. The third-order valence-corrected chi connectivity index (χ3v) is 5.47. The molecule has 1 saturated heterocycles. The molecule has 1 atom stereocenters. The first kappa shape index (κ1) is 13.7. The molecule has 1 aliphatic heterocycles. The van der Waals surface area contributed by atoms with Crippen LogP contribution in [0.5, 0.6) is 0 Å². The largest absolute Gasteiger partial charge is 0.302 e. The Kier molecular flexibility index (Phi) is 5.23. The summed E-state index contributed by atoms with van der Waals surface area (Å²) in [6, 6.07) is 0. The molecule has 0 N–H and O–H groups in total. The molecule has 1 unspecified atom stereocenters. The molecule has 0 amide bonds. The molecule has 2 aliphatic rings. The fourth-order valence-corrected chi connectivity index (χ4v) is 4.17. The topological polar surface area (TPSA) is 3.24 Å². The SMILES string of the molecule is CC1CCCN(CC2(CS)CCCCCC2)C1. The van der Waals surface area contributed by atoms with Crippen LogP contribution in [-0.2, 0) is 0 Å². The van der Waals surface area contributed by atoms with Gasteiger partial charge in [-0.25, -0.2) is 0 Å². The van der Waals surface area contributed by atoms with Crippen molar-refractivity contribution in [3.63, 3.8) is 0 Å². The minimum atomic E-state index is 0.538. The monoisotopic (exact) mass is 255 g/mol. The van der Waals surface area contributed by atoms with Crippen molar-refractivity contribution in [3.05, 3.63) is 0 Å². The van der Waals surface area contributed by atoms with Crippen LogP contribution in [0.15, 0.2) is 0 Å². The molecule has 1 heterocycles. The van der Waals surface area contributed by atoms with Crippen molar-refractivity contribution in [3.8, 4) is 0 Å². The highest BCUT2D eigenvalue weighted by molar-refractivity contribution is 7.80. The van der Waals surface area contributed by atoms with E-state index in [0.29, 0.717) is 5.41 Å². The van der Waals surface area contributed by atoms with Crippen LogP contribution in [0, 0.1) is 11.3 Å². The summed E-state index contributed by atoms with van der Waals surface area (Å²) in [5.74, 6) is 2.00. The van der Waals surface area contributed by atoms with Gasteiger partial charge in [-0.3, -0.25) is 0 Å². The molecule has 0 radical (unpaired) electrons. The molecular formula is C15H29NS. The number of piperidine rings is 1. The maximum absolute atomic E-state index is 4.69. The Labute approximate surface area is 113 Å². The summed E-state index contributed by atoms with van der Waals surface area (Å²) < 4.78 is 0. The van der Waals surface area contributed by atoms with E-state index in [1.165, 1.54) is 71.0 Å². The highest BCUT2D eigenvalue weighted by Crippen LogP contribution is 2.37. The normalized spacial score (nSPS) is 31.1. The average molecular weight is 255 g/mol. The highest BCUT2D eigenvalue weighted by Gasteiger charge is 2.32. The van der Waals surface area contributed by atoms with E-state index in [9.17, 15) is 0 Å². The fraction of sp³-hybridized carbons (Fsp3) is 1.00. The summed E-state index contributed by atoms with van der Waals surface area (Å²) in [6.45, 7) is 6.39. The van der Waals surface area contributed by atoms with Gasteiger partial charge in [0.1, 0.15) is 0 Å². The molecular weight excluding hydrogens is 226 g/mol. The molecule has 1 saturated carbocycles. The van der Waals surface area contributed by atoms with Crippen molar-refractivity contribution in [2.75, 3.05) is 25.4 Å². The minimum Gasteiger partial charge on any atom is -0.302 e. The second-order valence-corrected chi connectivity index (χ2v) is 6.87. The standard InChI is InChI=1S/C15H29NS/c1-14-7-6-10-16(11-14)12-15(13-17)8-4-2-3-5-9-15/h14,17H,2-13H2,1H3. The van der Waals surface area contributed by atoms with Crippen molar-refractivity contribution >= 4 is 12.6 Å². The van der Waals surface area contributed by atoms with E-state index in [1.54, 1.807) is 0 Å². The lowest BCUT2D eigenvalue weighted by molar-refractivity contribution is 0.109. The number of thiol groups is 1. The van der Waals surface area contributed by atoms with Gasteiger partial charge < -0.3 is 4.90 Å². The van der Waals surface area contributed by atoms with Crippen LogP contribution in [0.1, 0.15) is 58.3 Å². The van der Waals surface area contributed by atoms with Gasteiger partial charge in [-0.1, -0.05) is 32.6 Å². The number of nitrogens with zero attached hydrogens (tertiary/aromatic N) is 1. The molecule has 2 heteroatoms. The maximum atomic E-state index is 4.69. The maximum Gasteiger partial charge on any atom is 0.00459 e. The molecule has 2 rings (SSSR count). The fourth-order valence-electron chi connectivity index (χ4n) is 3.75. The van der Waals surface area contributed by atoms with Crippen LogP contribution >= 0.6 is 12.6 Å². The van der Waals surface area contributed by atoms with Crippen LogP contribution in [-0.4, -0.2) is 30.3 Å². The summed E-state index contributed by atoms with van der Waals surface area (Å²) in [6.07, 6.45) is 11.4. The Bertz CT molecular complexity index is 221. The molecule has 17 heavy (non-hydrogen) atoms. The highest BCUT2D eigenvalue weighted by atomic mass is 32.1. The van der Waals surface area contributed by atoms with Gasteiger partial charge in [-0.05, 0) is 49.3 Å². The number of likely N-dealkylation sites (tertiary alicyclic amines) is 1. The molecule has 0 aromatic heterocycles. The van der Waals surface area contributed by atoms with Gasteiger partial charge in [0.05, 0.1) is 0 Å². The van der Waals surface area contributed by atoms with Crippen molar-refractivity contribution in [1.82, 2.24) is 4.90 Å². The first-order valence-corrected chi connectivity index (χ1v) is 8.21. The third kappa shape index (κ3) is 3.89. The van der Waals surface area contributed by atoms with Gasteiger partial charge in [0, 0.05) is 13.1 Å². The van der Waals surface area contributed by atoms with Crippen molar-refractivity contribution in [2.45, 2.75) is 58.3 Å². The molecule has 1 nitrogen and oxygen atoms in total. The van der Waals surface area contributed by atoms with Crippen LogP contribution < -0.4 is 0 Å². The predicted octanol–water partition coefficient (Wildman–Crippen LogP) is 3.99. The zero-order valence-corrected chi connectivity index (χ0v) is 12.4. The van der Waals surface area contributed by atoms with Crippen molar-refractivity contribution in [1.29, 1.82) is 0 Å². The van der Waals surface area contributed by atoms with Crippen molar-refractivity contribution in [2.24, 2.45) is 11.3 Å². The Morgan fingerprint density at radius 2 is 1.82 bits per heavy atom. The van der Waals surface area contributed by atoms with E-state index in [1.807, 2.05) is 0 Å². The molecule has 1 aliphatic carbocycles. The Hall–Kier alpha value is 0.310.